The third kappa shape index (κ3) is 1.32. The fourth-order valence-electron chi connectivity index (χ4n) is 2.49. The molecular formula is C12H16OS. The molecule has 1 heterocycles. The van der Waals surface area contributed by atoms with E-state index in [4.69, 9.17) is 0 Å². The molecule has 0 aromatic carbocycles. The average Bonchev–Trinajstić information content (AvgIpc) is 2.56. The minimum absolute atomic E-state index is 0.153. The van der Waals surface area contributed by atoms with Gasteiger partial charge in [0.25, 0.3) is 0 Å². The predicted octanol–water partition coefficient (Wildman–Crippen LogP) is 3.07. The van der Waals surface area contributed by atoms with E-state index in [0.29, 0.717) is 5.92 Å². The molecule has 1 aromatic heterocycles. The fraction of sp³-hybridized carbons (Fsp3) is 0.667. The van der Waals surface area contributed by atoms with E-state index in [1.807, 2.05) is 11.3 Å². The topological polar surface area (TPSA) is 20.2 Å². The van der Waals surface area contributed by atoms with Crippen molar-refractivity contribution in [2.45, 2.75) is 44.6 Å². The number of aliphatic hydroxyl groups excluding tert-OH is 1. The number of aryl methyl sites for hydroxylation is 2. The molecule has 1 atom stereocenters. The first-order valence-corrected chi connectivity index (χ1v) is 6.46. The van der Waals surface area contributed by atoms with E-state index in [9.17, 15) is 5.11 Å². The number of hydrogen-bond acceptors (Lipinski definition) is 2. The van der Waals surface area contributed by atoms with Crippen LogP contribution in [0.25, 0.3) is 0 Å². The maximum absolute atomic E-state index is 10.1. The van der Waals surface area contributed by atoms with Gasteiger partial charge in [0.2, 0.25) is 0 Å². The lowest BCUT2D eigenvalue weighted by Crippen LogP contribution is -2.19. The summed E-state index contributed by atoms with van der Waals surface area (Å²) >= 11 is 1.86. The van der Waals surface area contributed by atoms with Crippen molar-refractivity contribution in [1.29, 1.82) is 0 Å². The van der Waals surface area contributed by atoms with Gasteiger partial charge in [-0.1, -0.05) is 6.42 Å². The summed E-state index contributed by atoms with van der Waals surface area (Å²) in [5.74, 6) is 0.564. The number of thiophene rings is 1. The molecule has 0 bridgehead atoms. The Bertz CT molecular complexity index is 317. The molecule has 3 rings (SSSR count). The van der Waals surface area contributed by atoms with Crippen molar-refractivity contribution < 1.29 is 5.11 Å². The van der Waals surface area contributed by atoms with Gasteiger partial charge in [-0.2, -0.15) is 0 Å². The standard InChI is InChI=1S/C12H16OS/c13-12(8-3-1-4-8)11-7-9-5-2-6-10(9)14-11/h7-8,12-13H,1-6H2. The van der Waals surface area contributed by atoms with E-state index < -0.39 is 0 Å². The summed E-state index contributed by atoms with van der Waals surface area (Å²) in [7, 11) is 0. The molecule has 0 saturated heterocycles. The lowest BCUT2D eigenvalue weighted by molar-refractivity contribution is 0.0649. The predicted molar refractivity (Wildman–Crippen MR) is 58.6 cm³/mol. The van der Waals surface area contributed by atoms with Crippen LogP contribution in [0.4, 0.5) is 0 Å². The summed E-state index contributed by atoms with van der Waals surface area (Å²) in [6, 6.07) is 2.26. The quantitative estimate of drug-likeness (QED) is 0.792. The second-order valence-corrected chi connectivity index (χ2v) is 5.75. The molecule has 1 unspecified atom stereocenters. The van der Waals surface area contributed by atoms with Gasteiger partial charge in [-0.25, -0.2) is 0 Å². The average molecular weight is 208 g/mol. The minimum Gasteiger partial charge on any atom is -0.387 e. The lowest BCUT2D eigenvalue weighted by atomic mass is 9.80. The van der Waals surface area contributed by atoms with Crippen LogP contribution in [0.5, 0.6) is 0 Å². The van der Waals surface area contributed by atoms with Crippen LogP contribution in [0.15, 0.2) is 6.07 Å². The highest BCUT2D eigenvalue weighted by atomic mass is 32.1. The Morgan fingerprint density at radius 1 is 1.29 bits per heavy atom. The van der Waals surface area contributed by atoms with Gasteiger partial charge < -0.3 is 5.11 Å². The van der Waals surface area contributed by atoms with Gasteiger partial charge in [0.05, 0.1) is 6.10 Å². The van der Waals surface area contributed by atoms with Crippen LogP contribution in [-0.4, -0.2) is 5.11 Å². The normalized spacial score (nSPS) is 23.2. The molecular weight excluding hydrogens is 192 g/mol. The van der Waals surface area contributed by atoms with Gasteiger partial charge >= 0.3 is 0 Å². The van der Waals surface area contributed by atoms with E-state index in [1.165, 1.54) is 49.0 Å². The molecule has 76 valence electrons. The highest BCUT2D eigenvalue weighted by Crippen LogP contribution is 2.42. The van der Waals surface area contributed by atoms with Crippen LogP contribution in [-0.2, 0) is 12.8 Å². The van der Waals surface area contributed by atoms with E-state index in [-0.39, 0.29) is 6.10 Å². The van der Waals surface area contributed by atoms with E-state index in [0.717, 1.165) is 0 Å². The number of rotatable bonds is 2. The maximum Gasteiger partial charge on any atom is 0.0910 e. The smallest absolute Gasteiger partial charge is 0.0910 e. The molecule has 1 nitrogen and oxygen atoms in total. The zero-order valence-corrected chi connectivity index (χ0v) is 9.15. The Balaban J connectivity index is 1.82. The summed E-state index contributed by atoms with van der Waals surface area (Å²) in [5.41, 5.74) is 1.52. The minimum atomic E-state index is -0.153. The summed E-state index contributed by atoms with van der Waals surface area (Å²) < 4.78 is 0. The van der Waals surface area contributed by atoms with Gasteiger partial charge in [0.1, 0.15) is 0 Å². The monoisotopic (exact) mass is 208 g/mol. The van der Waals surface area contributed by atoms with Crippen molar-refractivity contribution in [3.63, 3.8) is 0 Å². The van der Waals surface area contributed by atoms with Crippen molar-refractivity contribution in [1.82, 2.24) is 0 Å². The second-order valence-electron chi connectivity index (χ2n) is 4.59. The maximum atomic E-state index is 10.1. The Morgan fingerprint density at radius 2 is 2.14 bits per heavy atom. The van der Waals surface area contributed by atoms with Crippen LogP contribution in [0.3, 0.4) is 0 Å². The largest absolute Gasteiger partial charge is 0.387 e. The summed E-state index contributed by atoms with van der Waals surface area (Å²) in [6.45, 7) is 0. The Labute approximate surface area is 88.8 Å². The summed E-state index contributed by atoms with van der Waals surface area (Å²) in [4.78, 5) is 2.78. The van der Waals surface area contributed by atoms with E-state index in [2.05, 4.69) is 6.07 Å². The van der Waals surface area contributed by atoms with Crippen molar-refractivity contribution in [2.75, 3.05) is 0 Å². The van der Waals surface area contributed by atoms with E-state index in [1.54, 1.807) is 4.88 Å². The highest BCUT2D eigenvalue weighted by Gasteiger charge is 2.29. The van der Waals surface area contributed by atoms with Gasteiger partial charge in [-0.15, -0.1) is 11.3 Å². The Kier molecular flexibility index (Phi) is 2.14. The van der Waals surface area contributed by atoms with Crippen LogP contribution in [0.2, 0.25) is 0 Å². The molecule has 0 spiro atoms. The number of hydrogen-bond donors (Lipinski definition) is 1. The van der Waals surface area contributed by atoms with Crippen LogP contribution < -0.4 is 0 Å². The number of fused-ring (bicyclic) bond motifs is 1. The Morgan fingerprint density at radius 3 is 2.79 bits per heavy atom. The number of aliphatic hydroxyl groups is 1. The van der Waals surface area contributed by atoms with Gasteiger partial charge in [-0.05, 0) is 49.7 Å². The first kappa shape index (κ1) is 8.93. The van der Waals surface area contributed by atoms with Gasteiger partial charge in [-0.3, -0.25) is 0 Å². The molecule has 0 aliphatic heterocycles. The molecule has 14 heavy (non-hydrogen) atoms. The zero-order valence-electron chi connectivity index (χ0n) is 8.33. The van der Waals surface area contributed by atoms with Crippen molar-refractivity contribution in [3.05, 3.63) is 21.4 Å². The van der Waals surface area contributed by atoms with Crippen molar-refractivity contribution >= 4 is 11.3 Å². The van der Waals surface area contributed by atoms with Crippen LogP contribution in [0, 0.1) is 5.92 Å². The van der Waals surface area contributed by atoms with Gasteiger partial charge in [0, 0.05) is 9.75 Å². The molecule has 1 saturated carbocycles. The fourth-order valence-corrected chi connectivity index (χ4v) is 3.82. The third-order valence-electron chi connectivity index (χ3n) is 3.65. The SMILES string of the molecule is OC(c1cc2c(s1)CCC2)C1CCC1. The molecule has 1 aromatic rings. The first-order valence-electron chi connectivity index (χ1n) is 5.64. The Hall–Kier alpha value is -0.340. The molecule has 0 radical (unpaired) electrons. The second kappa shape index (κ2) is 3.35. The van der Waals surface area contributed by atoms with Crippen molar-refractivity contribution in [2.24, 2.45) is 5.92 Å². The molecule has 1 fully saturated rings. The lowest BCUT2D eigenvalue weighted by Gasteiger charge is -2.29. The summed E-state index contributed by atoms with van der Waals surface area (Å²) in [5, 5.41) is 10.1. The van der Waals surface area contributed by atoms with Gasteiger partial charge in [0.15, 0.2) is 0 Å². The van der Waals surface area contributed by atoms with Crippen LogP contribution >= 0.6 is 11.3 Å². The van der Waals surface area contributed by atoms with E-state index >= 15 is 0 Å². The third-order valence-corrected chi connectivity index (χ3v) is 4.96. The first-order chi connectivity index (χ1) is 6.84. The summed E-state index contributed by atoms with van der Waals surface area (Å²) in [6.07, 6.45) is 7.42. The van der Waals surface area contributed by atoms with Crippen molar-refractivity contribution in [3.8, 4) is 0 Å². The molecule has 2 aliphatic carbocycles. The molecule has 0 amide bonds. The molecule has 2 heteroatoms. The highest BCUT2D eigenvalue weighted by molar-refractivity contribution is 7.12. The molecule has 1 N–H and O–H groups in total. The molecule has 2 aliphatic rings. The zero-order chi connectivity index (χ0) is 9.54. The van der Waals surface area contributed by atoms with Crippen LogP contribution in [0.1, 0.15) is 47.1 Å².